The summed E-state index contributed by atoms with van der Waals surface area (Å²) in [6.07, 6.45) is 5.19. The Labute approximate surface area is 126 Å². The van der Waals surface area contributed by atoms with E-state index in [-0.39, 0.29) is 6.03 Å². The van der Waals surface area contributed by atoms with Crippen molar-refractivity contribution in [3.8, 4) is 5.75 Å². The number of hydrogen-bond donors (Lipinski definition) is 1. The first-order chi connectivity index (χ1) is 10.2. The van der Waals surface area contributed by atoms with E-state index in [2.05, 4.69) is 5.32 Å². The second-order valence-corrected chi connectivity index (χ2v) is 6.42. The van der Waals surface area contributed by atoms with E-state index >= 15 is 0 Å². The Morgan fingerprint density at radius 2 is 2.00 bits per heavy atom. The van der Waals surface area contributed by atoms with Crippen molar-refractivity contribution < 1.29 is 9.53 Å². The number of nitrogens with zero attached hydrogens (tertiary/aromatic N) is 1. The maximum absolute atomic E-state index is 12.5. The first-order valence-electron chi connectivity index (χ1n) is 7.86. The summed E-state index contributed by atoms with van der Waals surface area (Å²) < 4.78 is 5.31. The quantitative estimate of drug-likeness (QED) is 0.902. The van der Waals surface area contributed by atoms with Crippen LogP contribution in [0.15, 0.2) is 18.2 Å². The number of rotatable bonds is 2. The molecule has 1 aliphatic heterocycles. The molecule has 0 unspecified atom stereocenters. The fraction of sp³-hybridized carbons (Fsp3) is 0.588. The molecule has 0 spiro atoms. The van der Waals surface area contributed by atoms with Crippen LogP contribution in [0, 0.1) is 18.8 Å². The molecule has 3 rings (SSSR count). The van der Waals surface area contributed by atoms with E-state index < -0.39 is 0 Å². The van der Waals surface area contributed by atoms with E-state index in [9.17, 15) is 4.79 Å². The van der Waals surface area contributed by atoms with Gasteiger partial charge < -0.3 is 15.0 Å². The van der Waals surface area contributed by atoms with Crippen molar-refractivity contribution in [2.45, 2.75) is 32.6 Å². The van der Waals surface area contributed by atoms with Crippen molar-refractivity contribution in [3.05, 3.63) is 23.8 Å². The molecule has 1 N–H and O–H groups in total. The van der Waals surface area contributed by atoms with Gasteiger partial charge in [0.1, 0.15) is 5.75 Å². The lowest BCUT2D eigenvalue weighted by atomic mass is 9.78. The van der Waals surface area contributed by atoms with Gasteiger partial charge in [0.25, 0.3) is 0 Å². The number of benzene rings is 1. The van der Waals surface area contributed by atoms with Gasteiger partial charge in [-0.25, -0.2) is 4.79 Å². The second-order valence-electron chi connectivity index (χ2n) is 6.42. The number of anilines is 1. The maximum atomic E-state index is 12.5. The van der Waals surface area contributed by atoms with E-state index in [4.69, 9.17) is 4.74 Å². The number of methoxy groups -OCH3 is 1. The van der Waals surface area contributed by atoms with E-state index in [0.29, 0.717) is 11.8 Å². The summed E-state index contributed by atoms with van der Waals surface area (Å²) in [6, 6.07) is 5.82. The molecule has 2 amide bonds. The standard InChI is InChI=1S/C17H24N2O2/c1-12-6-7-15(9-16(12)21-2)18-17(20)19-10-13-4-3-5-14(8-13)11-19/h6-7,9,13-14H,3-5,8,10-11H2,1-2H3,(H,18,20)/t13-,14-/m1/s1. The Morgan fingerprint density at radius 1 is 1.29 bits per heavy atom. The van der Waals surface area contributed by atoms with Crippen LogP contribution >= 0.6 is 0 Å². The Balaban J connectivity index is 1.66. The molecule has 2 atom stereocenters. The highest BCUT2D eigenvalue weighted by atomic mass is 16.5. The lowest BCUT2D eigenvalue weighted by Crippen LogP contribution is -2.47. The monoisotopic (exact) mass is 288 g/mol. The highest BCUT2D eigenvalue weighted by Gasteiger charge is 2.32. The van der Waals surface area contributed by atoms with E-state index in [1.807, 2.05) is 30.0 Å². The Bertz CT molecular complexity index is 518. The topological polar surface area (TPSA) is 41.6 Å². The normalized spacial score (nSPS) is 24.6. The summed E-state index contributed by atoms with van der Waals surface area (Å²) in [4.78, 5) is 14.4. The molecule has 21 heavy (non-hydrogen) atoms. The summed E-state index contributed by atoms with van der Waals surface area (Å²) >= 11 is 0. The van der Waals surface area contributed by atoms with E-state index in [0.717, 1.165) is 30.1 Å². The summed E-state index contributed by atoms with van der Waals surface area (Å²) in [5.74, 6) is 2.22. The van der Waals surface area contributed by atoms with Gasteiger partial charge in [0.05, 0.1) is 7.11 Å². The van der Waals surface area contributed by atoms with Crippen molar-refractivity contribution in [2.75, 3.05) is 25.5 Å². The molecular weight excluding hydrogens is 264 g/mol. The van der Waals surface area contributed by atoms with Gasteiger partial charge in [-0.2, -0.15) is 0 Å². The molecule has 2 aliphatic rings. The number of urea groups is 1. The first-order valence-corrected chi connectivity index (χ1v) is 7.86. The third-order valence-electron chi connectivity index (χ3n) is 4.80. The lowest BCUT2D eigenvalue weighted by molar-refractivity contribution is 0.110. The van der Waals surface area contributed by atoms with Gasteiger partial charge >= 0.3 is 6.03 Å². The van der Waals surface area contributed by atoms with Gasteiger partial charge in [0.2, 0.25) is 0 Å². The maximum Gasteiger partial charge on any atom is 0.321 e. The largest absolute Gasteiger partial charge is 0.496 e. The first kappa shape index (κ1) is 14.2. The van der Waals surface area contributed by atoms with Crippen molar-refractivity contribution in [2.24, 2.45) is 11.8 Å². The predicted molar refractivity (Wildman–Crippen MR) is 83.8 cm³/mol. The van der Waals surface area contributed by atoms with Crippen LogP contribution in [0.3, 0.4) is 0 Å². The minimum atomic E-state index is 0.0255. The number of fused-ring (bicyclic) bond motifs is 2. The van der Waals surface area contributed by atoms with Crippen LogP contribution in [0.5, 0.6) is 5.75 Å². The van der Waals surface area contributed by atoms with E-state index in [1.165, 1.54) is 25.7 Å². The van der Waals surface area contributed by atoms with Crippen molar-refractivity contribution in [1.82, 2.24) is 4.90 Å². The van der Waals surface area contributed by atoms with Crippen LogP contribution < -0.4 is 10.1 Å². The Kier molecular flexibility index (Phi) is 4.04. The number of amides is 2. The zero-order valence-corrected chi connectivity index (χ0v) is 12.9. The van der Waals surface area contributed by atoms with Crippen LogP contribution in [0.25, 0.3) is 0 Å². The zero-order chi connectivity index (χ0) is 14.8. The smallest absolute Gasteiger partial charge is 0.321 e. The molecule has 1 aromatic rings. The molecule has 4 heteroatoms. The summed E-state index contributed by atoms with van der Waals surface area (Å²) in [5.41, 5.74) is 1.88. The van der Waals surface area contributed by atoms with Gasteiger partial charge in [-0.05, 0) is 49.7 Å². The molecule has 2 fully saturated rings. The SMILES string of the molecule is COc1cc(NC(=O)N2C[C@@H]3CCC[C@H](C3)C2)ccc1C. The fourth-order valence-corrected chi connectivity index (χ4v) is 3.70. The van der Waals surface area contributed by atoms with Crippen LogP contribution in [0.2, 0.25) is 0 Å². The van der Waals surface area contributed by atoms with Crippen molar-refractivity contribution in [1.29, 1.82) is 0 Å². The van der Waals surface area contributed by atoms with Crippen molar-refractivity contribution in [3.63, 3.8) is 0 Å². The van der Waals surface area contributed by atoms with Crippen molar-refractivity contribution >= 4 is 11.7 Å². The fourth-order valence-electron chi connectivity index (χ4n) is 3.70. The molecular formula is C17H24N2O2. The Morgan fingerprint density at radius 3 is 2.67 bits per heavy atom. The average Bonchev–Trinajstić information content (AvgIpc) is 2.48. The van der Waals surface area contributed by atoms with Crippen LogP contribution in [-0.2, 0) is 0 Å². The van der Waals surface area contributed by atoms with Gasteiger partial charge in [-0.3, -0.25) is 0 Å². The summed E-state index contributed by atoms with van der Waals surface area (Å²) in [7, 11) is 1.65. The summed E-state index contributed by atoms with van der Waals surface area (Å²) in [5, 5.41) is 3.01. The molecule has 1 saturated carbocycles. The summed E-state index contributed by atoms with van der Waals surface area (Å²) in [6.45, 7) is 3.81. The Hall–Kier alpha value is -1.71. The molecule has 114 valence electrons. The molecule has 1 saturated heterocycles. The van der Waals surface area contributed by atoms with E-state index in [1.54, 1.807) is 7.11 Å². The second kappa shape index (κ2) is 5.96. The molecule has 2 bridgehead atoms. The van der Waals surface area contributed by atoms with Gasteiger partial charge in [0.15, 0.2) is 0 Å². The highest BCUT2D eigenvalue weighted by Crippen LogP contribution is 2.34. The predicted octanol–water partition coefficient (Wildman–Crippen LogP) is 3.66. The minimum Gasteiger partial charge on any atom is -0.496 e. The molecule has 1 aliphatic carbocycles. The van der Waals surface area contributed by atoms with Crippen LogP contribution in [-0.4, -0.2) is 31.1 Å². The van der Waals surface area contributed by atoms with Crippen LogP contribution in [0.4, 0.5) is 10.5 Å². The number of piperidine rings is 1. The minimum absolute atomic E-state index is 0.0255. The molecule has 1 heterocycles. The molecule has 4 nitrogen and oxygen atoms in total. The molecule has 0 aromatic heterocycles. The lowest BCUT2D eigenvalue weighted by Gasteiger charge is -2.41. The number of hydrogen-bond acceptors (Lipinski definition) is 2. The van der Waals surface area contributed by atoms with Crippen LogP contribution in [0.1, 0.15) is 31.2 Å². The number of aryl methyl sites for hydroxylation is 1. The van der Waals surface area contributed by atoms with Gasteiger partial charge in [0, 0.05) is 24.8 Å². The van der Waals surface area contributed by atoms with Gasteiger partial charge in [-0.1, -0.05) is 12.5 Å². The third kappa shape index (κ3) is 3.14. The highest BCUT2D eigenvalue weighted by molar-refractivity contribution is 5.89. The van der Waals surface area contributed by atoms with Gasteiger partial charge in [-0.15, -0.1) is 0 Å². The zero-order valence-electron chi connectivity index (χ0n) is 12.9. The number of carbonyl (C=O) groups is 1. The number of ether oxygens (including phenoxy) is 1. The third-order valence-corrected chi connectivity index (χ3v) is 4.80. The molecule has 0 radical (unpaired) electrons. The average molecular weight is 288 g/mol. The number of likely N-dealkylation sites (tertiary alicyclic amines) is 1. The number of nitrogens with one attached hydrogen (secondary N) is 1. The number of carbonyl (C=O) groups excluding carboxylic acids is 1. The molecule has 1 aromatic carbocycles.